The number of carbonyl (C=O) groups is 2. The molecule has 0 saturated carbocycles. The first-order valence-electron chi connectivity index (χ1n) is 6.32. The largest absolute Gasteiger partial charge is 0.477 e. The first kappa shape index (κ1) is 15.2. The van der Waals surface area contributed by atoms with Crippen molar-refractivity contribution in [2.24, 2.45) is 0 Å². The molecule has 22 heavy (non-hydrogen) atoms. The highest BCUT2D eigenvalue weighted by Gasteiger charge is 2.10. The van der Waals surface area contributed by atoms with Gasteiger partial charge >= 0.3 is 12.1 Å². The maximum atomic E-state index is 11.5. The van der Waals surface area contributed by atoms with Crippen LogP contribution in [0.1, 0.15) is 21.7 Å². The van der Waals surface area contributed by atoms with Gasteiger partial charge in [-0.1, -0.05) is 30.3 Å². The number of H-pyrrole nitrogens is 1. The molecule has 3 N–H and O–H groups in total. The number of carboxylic acids is 1. The molecule has 8 nitrogen and oxygen atoms in total. The van der Waals surface area contributed by atoms with E-state index in [1.165, 1.54) is 0 Å². The van der Waals surface area contributed by atoms with E-state index >= 15 is 0 Å². The smallest absolute Gasteiger partial charge is 0.407 e. The molecule has 0 aliphatic carbocycles. The fourth-order valence-corrected chi connectivity index (χ4v) is 1.60. The molecule has 0 radical (unpaired) electrons. The number of aromatic amines is 1. The molecule has 114 valence electrons. The molecule has 1 amide bonds. The number of hydrogen-bond donors (Lipinski definition) is 3. The van der Waals surface area contributed by atoms with Crippen molar-refractivity contribution in [2.75, 3.05) is 0 Å². The number of aromatic carboxylic acids is 1. The van der Waals surface area contributed by atoms with Crippen LogP contribution in [0.25, 0.3) is 0 Å². The van der Waals surface area contributed by atoms with Gasteiger partial charge in [0.2, 0.25) is 0 Å². The summed E-state index contributed by atoms with van der Waals surface area (Å²) in [5.74, 6) is -1.23. The van der Waals surface area contributed by atoms with Gasteiger partial charge in [0.05, 0.1) is 6.54 Å². The lowest BCUT2D eigenvalue weighted by molar-refractivity contribution is 0.0694. The first-order valence-corrected chi connectivity index (χ1v) is 6.32. The van der Waals surface area contributed by atoms with Crippen LogP contribution < -0.4 is 10.9 Å². The summed E-state index contributed by atoms with van der Waals surface area (Å²) in [5.41, 5.74) is -0.401. The molecule has 8 heteroatoms. The first-order chi connectivity index (χ1) is 10.6. The van der Waals surface area contributed by atoms with E-state index in [2.05, 4.69) is 15.3 Å². The summed E-state index contributed by atoms with van der Waals surface area (Å²) in [7, 11) is 0. The number of carbonyl (C=O) groups excluding carboxylic acids is 1. The molecule has 2 rings (SSSR count). The van der Waals surface area contributed by atoms with Crippen molar-refractivity contribution in [3.8, 4) is 0 Å². The lowest BCUT2D eigenvalue weighted by Gasteiger charge is -2.06. The summed E-state index contributed by atoms with van der Waals surface area (Å²) in [5, 5.41) is 11.1. The Bertz CT molecular complexity index is 727. The van der Waals surface area contributed by atoms with Crippen LogP contribution in [0, 0.1) is 0 Å². The Hall–Kier alpha value is -3.16. The normalized spacial score (nSPS) is 10.0. The summed E-state index contributed by atoms with van der Waals surface area (Å²) in [4.78, 5) is 39.6. The number of benzene rings is 1. The monoisotopic (exact) mass is 303 g/mol. The Balaban J connectivity index is 1.85. The van der Waals surface area contributed by atoms with E-state index in [0.717, 1.165) is 11.8 Å². The zero-order valence-electron chi connectivity index (χ0n) is 11.4. The third-order valence-corrected chi connectivity index (χ3v) is 2.70. The van der Waals surface area contributed by atoms with E-state index in [-0.39, 0.29) is 19.0 Å². The predicted octanol–water partition coefficient (Wildman–Crippen LogP) is 0.894. The summed E-state index contributed by atoms with van der Waals surface area (Å²) in [6.07, 6.45) is 0.266. The zero-order chi connectivity index (χ0) is 15.9. The summed E-state index contributed by atoms with van der Waals surface area (Å²) in [6.45, 7) is 0.0390. The summed E-state index contributed by atoms with van der Waals surface area (Å²) >= 11 is 0. The van der Waals surface area contributed by atoms with Crippen LogP contribution in [0.4, 0.5) is 4.79 Å². The molecule has 0 aliphatic heterocycles. The van der Waals surface area contributed by atoms with Gasteiger partial charge in [0.15, 0.2) is 0 Å². The minimum absolute atomic E-state index is 0.0806. The van der Waals surface area contributed by atoms with Crippen LogP contribution in [0.5, 0.6) is 0 Å². The van der Waals surface area contributed by atoms with Gasteiger partial charge in [0.25, 0.3) is 5.56 Å². The maximum Gasteiger partial charge on any atom is 0.407 e. The Kier molecular flexibility index (Phi) is 4.86. The van der Waals surface area contributed by atoms with Crippen LogP contribution in [0.15, 0.2) is 41.3 Å². The topological polar surface area (TPSA) is 121 Å². The number of nitrogens with one attached hydrogen (secondary N) is 2. The fourth-order valence-electron chi connectivity index (χ4n) is 1.60. The Labute approximate surface area is 124 Å². The number of nitrogens with zero attached hydrogens (tertiary/aromatic N) is 1. The number of alkyl carbamates (subject to hydrolysis) is 1. The minimum Gasteiger partial charge on any atom is -0.477 e. The van der Waals surface area contributed by atoms with Crippen molar-refractivity contribution in [3.05, 3.63) is 63.8 Å². The van der Waals surface area contributed by atoms with E-state index < -0.39 is 23.2 Å². The lowest BCUT2D eigenvalue weighted by atomic mass is 10.2. The van der Waals surface area contributed by atoms with E-state index in [4.69, 9.17) is 9.84 Å². The second-order valence-electron chi connectivity index (χ2n) is 4.29. The van der Waals surface area contributed by atoms with Crippen molar-refractivity contribution in [2.45, 2.75) is 13.2 Å². The molecule has 0 atom stereocenters. The lowest BCUT2D eigenvalue weighted by Crippen LogP contribution is -2.27. The highest BCUT2D eigenvalue weighted by atomic mass is 16.5. The Morgan fingerprint density at radius 3 is 2.64 bits per heavy atom. The number of ether oxygens (including phenoxy) is 1. The predicted molar refractivity (Wildman–Crippen MR) is 75.3 cm³/mol. The summed E-state index contributed by atoms with van der Waals surface area (Å²) in [6, 6.07) is 9.14. The van der Waals surface area contributed by atoms with Gasteiger partial charge in [-0.25, -0.2) is 14.6 Å². The molecular formula is C14H13N3O5. The van der Waals surface area contributed by atoms with Crippen molar-refractivity contribution in [3.63, 3.8) is 0 Å². The molecule has 1 aromatic heterocycles. The van der Waals surface area contributed by atoms with Crippen LogP contribution in [0.3, 0.4) is 0 Å². The van der Waals surface area contributed by atoms with Crippen LogP contribution in [0.2, 0.25) is 0 Å². The van der Waals surface area contributed by atoms with Crippen molar-refractivity contribution < 1.29 is 19.4 Å². The molecule has 0 aliphatic rings. The highest BCUT2D eigenvalue weighted by Crippen LogP contribution is 2.00. The number of hydrogen-bond acceptors (Lipinski definition) is 5. The molecule has 1 aromatic carbocycles. The summed E-state index contributed by atoms with van der Waals surface area (Å²) < 4.78 is 4.98. The van der Waals surface area contributed by atoms with Gasteiger partial charge < -0.3 is 20.1 Å². The Morgan fingerprint density at radius 2 is 2.00 bits per heavy atom. The van der Waals surface area contributed by atoms with E-state index in [0.29, 0.717) is 0 Å². The van der Waals surface area contributed by atoms with E-state index in [1.54, 1.807) is 0 Å². The third kappa shape index (κ3) is 4.17. The van der Waals surface area contributed by atoms with Crippen LogP contribution in [-0.2, 0) is 17.9 Å². The molecular weight excluding hydrogens is 290 g/mol. The van der Waals surface area contributed by atoms with Gasteiger partial charge in [-0.05, 0) is 5.56 Å². The second-order valence-corrected chi connectivity index (χ2v) is 4.29. The van der Waals surface area contributed by atoms with Gasteiger partial charge in [-0.2, -0.15) is 0 Å². The number of carboxylic acid groups (broad SMARTS) is 1. The molecule has 0 fully saturated rings. The SMILES string of the molecule is O=C(NCc1ncc(C(=O)O)c(=O)[nH]1)OCc1ccccc1. The fraction of sp³-hybridized carbons (Fsp3) is 0.143. The van der Waals surface area contributed by atoms with E-state index in [9.17, 15) is 14.4 Å². The molecule has 0 saturated heterocycles. The zero-order valence-corrected chi connectivity index (χ0v) is 11.4. The van der Waals surface area contributed by atoms with Crippen LogP contribution >= 0.6 is 0 Å². The minimum atomic E-state index is -1.37. The number of amides is 1. The average Bonchev–Trinajstić information content (AvgIpc) is 2.51. The molecule has 0 unspecified atom stereocenters. The van der Waals surface area contributed by atoms with E-state index in [1.807, 2.05) is 30.3 Å². The average molecular weight is 303 g/mol. The number of rotatable bonds is 5. The second kappa shape index (κ2) is 7.02. The molecule has 2 aromatic rings. The standard InChI is InChI=1S/C14H13N3O5/c18-12-10(13(19)20)6-15-11(17-12)7-16-14(21)22-8-9-4-2-1-3-5-9/h1-6H,7-8H2,(H,16,21)(H,19,20)(H,15,17,18). The van der Waals surface area contributed by atoms with Crippen molar-refractivity contribution >= 4 is 12.1 Å². The third-order valence-electron chi connectivity index (χ3n) is 2.70. The van der Waals surface area contributed by atoms with Gasteiger partial charge in [0.1, 0.15) is 18.0 Å². The Morgan fingerprint density at radius 1 is 1.27 bits per heavy atom. The van der Waals surface area contributed by atoms with Crippen molar-refractivity contribution in [1.82, 2.24) is 15.3 Å². The maximum absolute atomic E-state index is 11.5. The van der Waals surface area contributed by atoms with Crippen molar-refractivity contribution in [1.29, 1.82) is 0 Å². The van der Waals surface area contributed by atoms with Gasteiger partial charge in [-0.3, -0.25) is 4.79 Å². The van der Waals surface area contributed by atoms with Gasteiger partial charge in [-0.15, -0.1) is 0 Å². The van der Waals surface area contributed by atoms with Crippen LogP contribution in [-0.4, -0.2) is 27.1 Å². The highest BCUT2D eigenvalue weighted by molar-refractivity contribution is 5.86. The molecule has 0 spiro atoms. The number of aromatic nitrogens is 2. The van der Waals surface area contributed by atoms with Gasteiger partial charge in [0, 0.05) is 6.20 Å². The quantitative estimate of drug-likeness (QED) is 0.754. The molecule has 1 heterocycles. The molecule has 0 bridgehead atoms.